The first kappa shape index (κ1) is 29.5. The standard InChI is InChI=1S/C12H15OS.C10H13F5O5S/c13-12(10-14-8-4-5-9-14)11-6-2-1-3-7-11;11-9(12,13)8(10(14,15)21(17,18)19)20-7(16)6-4-2-1-3-5-6/h1-3,6-7H,4-5,8-10H2;6,8H,1-5H2,(H,17,18,19)/q+1;/p-1. The third-order valence-corrected chi connectivity index (χ3v) is 8.94. The van der Waals surface area contributed by atoms with Gasteiger partial charge in [0.25, 0.3) is 6.10 Å². The second kappa shape index (κ2) is 12.5. The summed E-state index contributed by atoms with van der Waals surface area (Å²) in [5, 5.41) is -5.78. The van der Waals surface area contributed by atoms with E-state index < -0.39 is 39.5 Å². The summed E-state index contributed by atoms with van der Waals surface area (Å²) in [6.07, 6.45) is -5.42. The van der Waals surface area contributed by atoms with Crippen molar-refractivity contribution in [3.05, 3.63) is 35.9 Å². The van der Waals surface area contributed by atoms with Crippen molar-refractivity contribution in [2.75, 3.05) is 17.3 Å². The molecule has 1 aliphatic carbocycles. The molecule has 1 aromatic carbocycles. The molecular formula is C22H27F5O6S2. The molecule has 0 radical (unpaired) electrons. The largest absolute Gasteiger partial charge is 0.743 e. The van der Waals surface area contributed by atoms with E-state index in [1.54, 1.807) is 0 Å². The van der Waals surface area contributed by atoms with Gasteiger partial charge in [0.15, 0.2) is 15.9 Å². The van der Waals surface area contributed by atoms with Crippen LogP contribution in [0, 0.1) is 5.92 Å². The van der Waals surface area contributed by atoms with Gasteiger partial charge < -0.3 is 9.29 Å². The number of carbonyl (C=O) groups excluding carboxylic acids is 2. The summed E-state index contributed by atoms with van der Waals surface area (Å²) in [5.41, 5.74) is 0.881. The zero-order valence-corrected chi connectivity index (χ0v) is 20.4. The second-order valence-corrected chi connectivity index (χ2v) is 12.2. The molecule has 1 unspecified atom stereocenters. The van der Waals surface area contributed by atoms with Gasteiger partial charge in [0.05, 0.1) is 5.92 Å². The highest BCUT2D eigenvalue weighted by molar-refractivity contribution is 7.97. The van der Waals surface area contributed by atoms with E-state index in [4.69, 9.17) is 0 Å². The van der Waals surface area contributed by atoms with E-state index in [0.29, 0.717) is 29.5 Å². The molecule has 0 bridgehead atoms. The minimum Gasteiger partial charge on any atom is -0.743 e. The normalized spacial score (nSPS) is 18.9. The molecule has 13 heteroatoms. The number of halogens is 5. The fourth-order valence-corrected chi connectivity index (χ4v) is 6.46. The van der Waals surface area contributed by atoms with Crippen LogP contribution >= 0.6 is 0 Å². The van der Waals surface area contributed by atoms with Gasteiger partial charge in [-0.1, -0.05) is 49.6 Å². The zero-order chi connectivity index (χ0) is 26.3. The first-order valence-electron chi connectivity index (χ1n) is 11.1. The maximum atomic E-state index is 13.1. The summed E-state index contributed by atoms with van der Waals surface area (Å²) in [7, 11) is -6.25. The molecule has 3 rings (SSSR count). The monoisotopic (exact) mass is 546 g/mol. The lowest BCUT2D eigenvalue weighted by Crippen LogP contribution is -2.52. The SMILES string of the molecule is O=C(C[S+]1CCCC1)c1ccccc1.O=C(OC(C(F)(F)F)C(F)(F)S(=O)(=O)[O-])C1CCCCC1. The molecule has 1 heterocycles. The fraction of sp³-hybridized carbons (Fsp3) is 0.636. The van der Waals surface area contributed by atoms with Gasteiger partial charge in [-0.3, -0.25) is 9.59 Å². The number of hydrogen-bond donors (Lipinski definition) is 0. The van der Waals surface area contributed by atoms with Crippen LogP contribution in [0.25, 0.3) is 0 Å². The van der Waals surface area contributed by atoms with Gasteiger partial charge in [0.2, 0.25) is 5.78 Å². The number of rotatable bonds is 7. The van der Waals surface area contributed by atoms with Gasteiger partial charge in [0, 0.05) is 5.56 Å². The van der Waals surface area contributed by atoms with Gasteiger partial charge in [-0.15, -0.1) is 0 Å². The topological polar surface area (TPSA) is 101 Å². The van der Waals surface area contributed by atoms with Gasteiger partial charge >= 0.3 is 17.4 Å². The Kier molecular flexibility index (Phi) is 10.5. The predicted octanol–water partition coefficient (Wildman–Crippen LogP) is 4.46. The Morgan fingerprint density at radius 2 is 1.51 bits per heavy atom. The molecule has 2 aliphatic rings. The van der Waals surface area contributed by atoms with Crippen molar-refractivity contribution in [3.8, 4) is 0 Å². The predicted molar refractivity (Wildman–Crippen MR) is 119 cm³/mol. The molecule has 0 N–H and O–H groups in total. The highest BCUT2D eigenvalue weighted by Gasteiger charge is 2.63. The van der Waals surface area contributed by atoms with Crippen LogP contribution in [0.3, 0.4) is 0 Å². The van der Waals surface area contributed by atoms with Crippen LogP contribution in [0.2, 0.25) is 0 Å². The molecule has 0 spiro atoms. The summed E-state index contributed by atoms with van der Waals surface area (Å²) in [5.74, 6) is 1.09. The maximum absolute atomic E-state index is 13.1. The smallest absolute Gasteiger partial charge is 0.432 e. The summed E-state index contributed by atoms with van der Waals surface area (Å²) >= 11 is 0. The third-order valence-electron chi connectivity index (χ3n) is 5.66. The van der Waals surface area contributed by atoms with Gasteiger partial charge in [-0.05, 0) is 36.6 Å². The molecule has 6 nitrogen and oxygen atoms in total. The van der Waals surface area contributed by atoms with Crippen molar-refractivity contribution in [2.24, 2.45) is 5.92 Å². The molecule has 1 saturated heterocycles. The van der Waals surface area contributed by atoms with Crippen LogP contribution in [0.15, 0.2) is 30.3 Å². The molecule has 2 fully saturated rings. The summed E-state index contributed by atoms with van der Waals surface area (Å²) in [6, 6.07) is 9.66. The van der Waals surface area contributed by atoms with Crippen molar-refractivity contribution < 1.29 is 49.2 Å². The Morgan fingerprint density at radius 1 is 0.971 bits per heavy atom. The number of carbonyl (C=O) groups is 2. The average molecular weight is 547 g/mol. The van der Waals surface area contributed by atoms with E-state index >= 15 is 0 Å². The molecule has 1 aliphatic heterocycles. The molecule has 198 valence electrons. The first-order valence-corrected chi connectivity index (χ1v) is 14.2. The summed E-state index contributed by atoms with van der Waals surface area (Å²) in [6.45, 7) is 0. The van der Waals surface area contributed by atoms with E-state index in [9.17, 15) is 44.5 Å². The van der Waals surface area contributed by atoms with Crippen LogP contribution in [-0.2, 0) is 30.5 Å². The Labute approximate surface area is 203 Å². The van der Waals surface area contributed by atoms with Crippen LogP contribution < -0.4 is 0 Å². The molecular weight excluding hydrogens is 519 g/mol. The van der Waals surface area contributed by atoms with Crippen molar-refractivity contribution in [3.63, 3.8) is 0 Å². The van der Waals surface area contributed by atoms with E-state index in [-0.39, 0.29) is 12.8 Å². The average Bonchev–Trinajstić information content (AvgIpc) is 3.30. The van der Waals surface area contributed by atoms with Crippen LogP contribution in [0.4, 0.5) is 22.0 Å². The fourth-order valence-electron chi connectivity index (χ4n) is 3.76. The van der Waals surface area contributed by atoms with Crippen LogP contribution in [0.5, 0.6) is 0 Å². The van der Waals surface area contributed by atoms with Crippen molar-refractivity contribution >= 4 is 32.8 Å². The molecule has 1 aromatic rings. The summed E-state index contributed by atoms with van der Waals surface area (Å²) < 4.78 is 98.3. The Bertz CT molecular complexity index is 941. The molecule has 0 amide bonds. The first-order chi connectivity index (χ1) is 16.2. The molecule has 35 heavy (non-hydrogen) atoms. The lowest BCUT2D eigenvalue weighted by Gasteiger charge is -2.31. The van der Waals surface area contributed by atoms with Crippen LogP contribution in [-0.4, -0.2) is 59.5 Å². The minimum atomic E-state index is -6.64. The highest BCUT2D eigenvalue weighted by atomic mass is 32.2. The molecule has 1 saturated carbocycles. The van der Waals surface area contributed by atoms with Crippen molar-refractivity contribution in [2.45, 2.75) is 62.5 Å². The van der Waals surface area contributed by atoms with Gasteiger partial charge in [-0.2, -0.15) is 22.0 Å². The third kappa shape index (κ3) is 8.71. The van der Waals surface area contributed by atoms with Crippen molar-refractivity contribution in [1.82, 2.24) is 0 Å². The van der Waals surface area contributed by atoms with Crippen LogP contribution in [0.1, 0.15) is 55.3 Å². The van der Waals surface area contributed by atoms with Gasteiger partial charge in [-0.25, -0.2) is 8.42 Å². The molecule has 1 atom stereocenters. The van der Waals surface area contributed by atoms with E-state index in [1.807, 2.05) is 30.3 Å². The molecule has 0 aromatic heterocycles. The van der Waals surface area contributed by atoms with Crippen molar-refractivity contribution in [1.29, 1.82) is 0 Å². The quantitative estimate of drug-likeness (QED) is 0.165. The highest BCUT2D eigenvalue weighted by Crippen LogP contribution is 2.39. The zero-order valence-electron chi connectivity index (χ0n) is 18.8. The Morgan fingerprint density at radius 3 is 2.00 bits per heavy atom. The number of ether oxygens (including phenoxy) is 1. The number of hydrogen-bond acceptors (Lipinski definition) is 6. The maximum Gasteiger partial charge on any atom is 0.432 e. The number of alkyl halides is 5. The number of benzene rings is 1. The van der Waals surface area contributed by atoms with Gasteiger partial charge in [0.1, 0.15) is 11.5 Å². The minimum absolute atomic E-state index is 0.166. The van der Waals surface area contributed by atoms with E-state index in [1.165, 1.54) is 24.3 Å². The Hall–Kier alpha value is -1.73. The van der Waals surface area contributed by atoms with E-state index in [0.717, 1.165) is 17.7 Å². The summed E-state index contributed by atoms with van der Waals surface area (Å²) in [4.78, 5) is 23.3. The second-order valence-electron chi connectivity index (χ2n) is 8.37. The Balaban J connectivity index is 0.000000266. The number of ketones is 1. The lowest BCUT2D eigenvalue weighted by atomic mass is 9.89. The lowest BCUT2D eigenvalue weighted by molar-refractivity contribution is -0.261. The number of esters is 1. The van der Waals surface area contributed by atoms with E-state index in [2.05, 4.69) is 4.74 Å². The number of Topliss-reactive ketones (excluding diaryl/α,β-unsaturated/α-hetero) is 1.